The summed E-state index contributed by atoms with van der Waals surface area (Å²) < 4.78 is 43.3. The van der Waals surface area contributed by atoms with E-state index in [1.165, 1.54) is 36.4 Å². The van der Waals surface area contributed by atoms with Crippen molar-refractivity contribution in [1.29, 1.82) is 0 Å². The Balaban J connectivity index is 1.50. The molecule has 0 atom stereocenters. The summed E-state index contributed by atoms with van der Waals surface area (Å²) in [5, 5.41) is 0. The van der Waals surface area contributed by atoms with Gasteiger partial charge in [0.15, 0.2) is 0 Å². The number of nitrogens with one attached hydrogen (secondary N) is 1. The van der Waals surface area contributed by atoms with E-state index in [0.717, 1.165) is 12.1 Å². The van der Waals surface area contributed by atoms with Crippen molar-refractivity contribution in [3.05, 3.63) is 95.1 Å². The van der Waals surface area contributed by atoms with Gasteiger partial charge in [0.05, 0.1) is 12.2 Å². The molecule has 6 nitrogen and oxygen atoms in total. The van der Waals surface area contributed by atoms with Gasteiger partial charge in [-0.25, -0.2) is 5.48 Å². The van der Waals surface area contributed by atoms with Crippen LogP contribution in [0.15, 0.2) is 72.8 Å². The second-order valence-electron chi connectivity index (χ2n) is 6.43. The lowest BCUT2D eigenvalue weighted by atomic mass is 10.1. The monoisotopic (exact) mass is 430 g/mol. The van der Waals surface area contributed by atoms with Crippen LogP contribution >= 0.6 is 0 Å². The molecule has 3 aromatic rings. The van der Waals surface area contributed by atoms with E-state index in [2.05, 4.69) is 5.48 Å². The first-order valence-corrected chi connectivity index (χ1v) is 8.98. The van der Waals surface area contributed by atoms with E-state index in [1.807, 2.05) is 0 Å². The number of hydrogen-bond donors (Lipinski definition) is 2. The summed E-state index contributed by atoms with van der Waals surface area (Å²) in [5.74, 6) is -0.108. The molecule has 2 amide bonds. The molecule has 0 radical (unpaired) electrons. The van der Waals surface area contributed by atoms with E-state index in [9.17, 15) is 22.8 Å². The van der Waals surface area contributed by atoms with Crippen LogP contribution in [0, 0.1) is 0 Å². The molecule has 0 aliphatic rings. The molecular weight excluding hydrogens is 413 g/mol. The molecule has 0 unspecified atom stereocenters. The van der Waals surface area contributed by atoms with E-state index in [-0.39, 0.29) is 6.61 Å². The van der Waals surface area contributed by atoms with Crippen LogP contribution in [0.4, 0.5) is 13.2 Å². The van der Waals surface area contributed by atoms with Crippen LogP contribution in [-0.4, -0.2) is 11.8 Å². The third-order valence-electron chi connectivity index (χ3n) is 4.18. The van der Waals surface area contributed by atoms with E-state index in [1.54, 1.807) is 24.3 Å². The number of benzene rings is 3. The molecule has 0 fully saturated rings. The largest absolute Gasteiger partial charge is 0.457 e. The SMILES string of the molecule is NC(=O)c1ccc(Oc2ccc(C(=O)NOCc3ccc(C(F)(F)F)cc3)cc2)cc1. The Hall–Kier alpha value is -3.85. The Morgan fingerprint density at radius 1 is 0.806 bits per heavy atom. The zero-order chi connectivity index (χ0) is 22.4. The minimum atomic E-state index is -4.41. The number of hydroxylamine groups is 1. The lowest BCUT2D eigenvalue weighted by Crippen LogP contribution is -2.23. The van der Waals surface area contributed by atoms with E-state index in [4.69, 9.17) is 15.3 Å². The van der Waals surface area contributed by atoms with Crippen molar-refractivity contribution in [3.8, 4) is 11.5 Å². The number of amides is 2. The normalized spacial score (nSPS) is 11.1. The molecule has 0 heterocycles. The number of nitrogens with two attached hydrogens (primary N) is 1. The van der Waals surface area contributed by atoms with E-state index >= 15 is 0 Å². The maximum Gasteiger partial charge on any atom is 0.416 e. The first-order chi connectivity index (χ1) is 14.7. The highest BCUT2D eigenvalue weighted by atomic mass is 19.4. The Morgan fingerprint density at radius 2 is 1.32 bits per heavy atom. The number of hydrogen-bond acceptors (Lipinski definition) is 4. The number of alkyl halides is 3. The van der Waals surface area contributed by atoms with Gasteiger partial charge in [-0.05, 0) is 66.2 Å². The second kappa shape index (κ2) is 9.31. The number of ether oxygens (including phenoxy) is 1. The predicted octanol–water partition coefficient (Wildman–Crippen LogP) is 4.46. The Bertz CT molecular complexity index is 1050. The summed E-state index contributed by atoms with van der Waals surface area (Å²) in [5.41, 5.74) is 7.78. The van der Waals surface area contributed by atoms with Gasteiger partial charge in [-0.3, -0.25) is 14.4 Å². The lowest BCUT2D eigenvalue weighted by Gasteiger charge is -2.09. The van der Waals surface area contributed by atoms with Gasteiger partial charge >= 0.3 is 6.18 Å². The van der Waals surface area contributed by atoms with Crippen molar-refractivity contribution >= 4 is 11.8 Å². The molecule has 0 bridgehead atoms. The molecule has 31 heavy (non-hydrogen) atoms. The number of carbonyl (C=O) groups is 2. The summed E-state index contributed by atoms with van der Waals surface area (Å²) in [6.07, 6.45) is -4.41. The van der Waals surface area contributed by atoms with Crippen molar-refractivity contribution in [2.75, 3.05) is 0 Å². The van der Waals surface area contributed by atoms with Crippen molar-refractivity contribution in [2.45, 2.75) is 12.8 Å². The summed E-state index contributed by atoms with van der Waals surface area (Å²) in [6, 6.07) is 16.9. The predicted molar refractivity (Wildman–Crippen MR) is 105 cm³/mol. The number of halogens is 3. The Labute approximate surface area is 175 Å². The van der Waals surface area contributed by atoms with Crippen LogP contribution in [0.3, 0.4) is 0 Å². The highest BCUT2D eigenvalue weighted by molar-refractivity contribution is 5.93. The summed E-state index contributed by atoms with van der Waals surface area (Å²) in [4.78, 5) is 28.3. The molecule has 3 rings (SSSR count). The van der Waals surface area contributed by atoms with Gasteiger partial charge < -0.3 is 10.5 Å². The third-order valence-corrected chi connectivity index (χ3v) is 4.18. The zero-order valence-corrected chi connectivity index (χ0v) is 16.0. The topological polar surface area (TPSA) is 90.7 Å². The number of rotatable bonds is 7. The van der Waals surface area contributed by atoms with Crippen LogP contribution < -0.4 is 16.0 Å². The van der Waals surface area contributed by atoms with Crippen molar-refractivity contribution in [2.24, 2.45) is 5.73 Å². The zero-order valence-electron chi connectivity index (χ0n) is 16.0. The van der Waals surface area contributed by atoms with Crippen LogP contribution in [-0.2, 0) is 17.6 Å². The fraction of sp³-hybridized carbons (Fsp3) is 0.0909. The minimum absolute atomic E-state index is 0.0909. The molecule has 0 saturated carbocycles. The van der Waals surface area contributed by atoms with Crippen LogP contribution in [0.25, 0.3) is 0 Å². The van der Waals surface area contributed by atoms with Crippen LogP contribution in [0.2, 0.25) is 0 Å². The highest BCUT2D eigenvalue weighted by Crippen LogP contribution is 2.29. The first-order valence-electron chi connectivity index (χ1n) is 8.98. The summed E-state index contributed by atoms with van der Waals surface area (Å²) >= 11 is 0. The maximum absolute atomic E-state index is 12.5. The fourth-order valence-corrected chi connectivity index (χ4v) is 2.53. The summed E-state index contributed by atoms with van der Waals surface area (Å²) in [7, 11) is 0. The van der Waals surface area contributed by atoms with Crippen molar-refractivity contribution < 1.29 is 32.3 Å². The van der Waals surface area contributed by atoms with Crippen molar-refractivity contribution in [3.63, 3.8) is 0 Å². The average molecular weight is 430 g/mol. The average Bonchev–Trinajstić information content (AvgIpc) is 2.74. The van der Waals surface area contributed by atoms with Gasteiger partial charge in [-0.1, -0.05) is 12.1 Å². The Morgan fingerprint density at radius 3 is 1.81 bits per heavy atom. The molecular formula is C22H17F3N2O4. The van der Waals surface area contributed by atoms with Gasteiger partial charge in [-0.2, -0.15) is 13.2 Å². The molecule has 0 aromatic heterocycles. The number of primary amides is 1. The standard InChI is InChI=1S/C22H17F3N2O4/c23-22(24,25)17-7-1-14(2-8-17)13-30-27-21(29)16-5-11-19(12-6-16)31-18-9-3-15(4-10-18)20(26)28/h1-12H,13H2,(H2,26,28)(H,27,29). The van der Waals surface area contributed by atoms with Crippen LogP contribution in [0.1, 0.15) is 31.8 Å². The molecule has 0 saturated heterocycles. The van der Waals surface area contributed by atoms with E-state index < -0.39 is 23.6 Å². The van der Waals surface area contributed by atoms with Crippen LogP contribution in [0.5, 0.6) is 11.5 Å². The lowest BCUT2D eigenvalue weighted by molar-refractivity contribution is -0.137. The second-order valence-corrected chi connectivity index (χ2v) is 6.43. The maximum atomic E-state index is 12.5. The summed E-state index contributed by atoms with van der Waals surface area (Å²) in [6.45, 7) is -0.0909. The molecule has 3 N–H and O–H groups in total. The van der Waals surface area contributed by atoms with Gasteiger partial charge in [0, 0.05) is 11.1 Å². The smallest absolute Gasteiger partial charge is 0.416 e. The molecule has 3 aromatic carbocycles. The highest BCUT2D eigenvalue weighted by Gasteiger charge is 2.29. The number of carbonyl (C=O) groups excluding carboxylic acids is 2. The van der Waals surface area contributed by atoms with E-state index in [0.29, 0.717) is 28.2 Å². The molecule has 9 heteroatoms. The van der Waals surface area contributed by atoms with Gasteiger partial charge in [0.1, 0.15) is 11.5 Å². The van der Waals surface area contributed by atoms with Crippen molar-refractivity contribution in [1.82, 2.24) is 5.48 Å². The quantitative estimate of drug-likeness (QED) is 0.542. The Kier molecular flexibility index (Phi) is 6.56. The van der Waals surface area contributed by atoms with Gasteiger partial charge in [-0.15, -0.1) is 0 Å². The molecule has 0 spiro atoms. The molecule has 0 aliphatic carbocycles. The molecule has 160 valence electrons. The molecule has 0 aliphatic heterocycles. The van der Waals surface area contributed by atoms with Gasteiger partial charge in [0.2, 0.25) is 5.91 Å². The van der Waals surface area contributed by atoms with Gasteiger partial charge in [0.25, 0.3) is 5.91 Å². The minimum Gasteiger partial charge on any atom is -0.457 e. The third kappa shape index (κ3) is 6.06. The fourth-order valence-electron chi connectivity index (χ4n) is 2.53. The first kappa shape index (κ1) is 21.8.